The first-order chi connectivity index (χ1) is 10.5. The number of hydrogen-bond donors (Lipinski definition) is 2. The molecule has 3 nitrogen and oxygen atoms in total. The van der Waals surface area contributed by atoms with Crippen molar-refractivity contribution in [1.29, 1.82) is 0 Å². The van der Waals surface area contributed by atoms with Gasteiger partial charge in [0.15, 0.2) is 0 Å². The topological polar surface area (TPSA) is 41.1 Å². The van der Waals surface area contributed by atoms with Crippen LogP contribution in [0.4, 0.5) is 0 Å². The minimum atomic E-state index is -0.422. The number of fused-ring (bicyclic) bond motifs is 1. The Morgan fingerprint density at radius 1 is 1.09 bits per heavy atom. The lowest BCUT2D eigenvalue weighted by Crippen LogP contribution is -2.41. The van der Waals surface area contributed by atoms with Gasteiger partial charge in [0.25, 0.3) is 5.91 Å². The highest BCUT2D eigenvalue weighted by Crippen LogP contribution is 2.23. The molecule has 0 atom stereocenters. The van der Waals surface area contributed by atoms with Gasteiger partial charge in [-0.1, -0.05) is 34.1 Å². The zero-order valence-electron chi connectivity index (χ0n) is 12.7. The van der Waals surface area contributed by atoms with E-state index in [-0.39, 0.29) is 5.91 Å². The van der Waals surface area contributed by atoms with Gasteiger partial charge in [-0.15, -0.1) is 0 Å². The van der Waals surface area contributed by atoms with Crippen LogP contribution >= 0.6 is 15.9 Å². The third kappa shape index (κ3) is 3.08. The molecule has 0 bridgehead atoms. The molecule has 1 heterocycles. The van der Waals surface area contributed by atoms with E-state index in [2.05, 4.69) is 26.6 Å². The molecule has 0 radical (unpaired) electrons. The first-order valence-corrected chi connectivity index (χ1v) is 8.16. The molecule has 22 heavy (non-hydrogen) atoms. The highest BCUT2D eigenvalue weighted by Gasteiger charge is 2.24. The number of nitrogens with one attached hydrogen (secondary N) is 2. The summed E-state index contributed by atoms with van der Waals surface area (Å²) in [6, 6.07) is 14.0. The molecule has 2 aromatic rings. The molecule has 1 aliphatic rings. The van der Waals surface area contributed by atoms with Crippen molar-refractivity contribution >= 4 is 21.8 Å². The molecule has 4 heteroatoms. The van der Waals surface area contributed by atoms with Crippen molar-refractivity contribution < 1.29 is 4.79 Å². The predicted molar refractivity (Wildman–Crippen MR) is 91.6 cm³/mol. The van der Waals surface area contributed by atoms with E-state index in [0.29, 0.717) is 5.56 Å². The maximum atomic E-state index is 12.6. The molecule has 0 aromatic heterocycles. The number of carbonyl (C=O) groups is 1. The lowest BCUT2D eigenvalue weighted by Gasteiger charge is -2.27. The van der Waals surface area contributed by atoms with Crippen LogP contribution in [0.2, 0.25) is 0 Å². The molecular formula is C18H19BrN2O. The molecule has 0 fully saturated rings. The molecule has 114 valence electrons. The smallest absolute Gasteiger partial charge is 0.251 e. The number of hydrogen-bond acceptors (Lipinski definition) is 2. The molecule has 0 saturated carbocycles. The number of amides is 1. The molecule has 1 amide bonds. The minimum absolute atomic E-state index is 0.0392. The van der Waals surface area contributed by atoms with Gasteiger partial charge in [0.05, 0.1) is 5.54 Å². The lowest BCUT2D eigenvalue weighted by molar-refractivity contribution is 0.0912. The van der Waals surface area contributed by atoms with E-state index in [4.69, 9.17) is 0 Å². The van der Waals surface area contributed by atoms with Crippen LogP contribution in [0.1, 0.15) is 40.9 Å². The van der Waals surface area contributed by atoms with Gasteiger partial charge in [0.2, 0.25) is 0 Å². The van der Waals surface area contributed by atoms with Gasteiger partial charge in [-0.05, 0) is 54.8 Å². The summed E-state index contributed by atoms with van der Waals surface area (Å²) < 4.78 is 1.03. The number of carbonyl (C=O) groups excluding carboxylic acids is 1. The van der Waals surface area contributed by atoms with E-state index in [0.717, 1.165) is 23.1 Å². The van der Waals surface area contributed by atoms with Crippen molar-refractivity contribution in [3.8, 4) is 0 Å². The van der Waals surface area contributed by atoms with Crippen molar-refractivity contribution in [2.45, 2.75) is 32.5 Å². The van der Waals surface area contributed by atoms with E-state index in [1.54, 1.807) is 0 Å². The lowest BCUT2D eigenvalue weighted by atomic mass is 9.93. The molecule has 3 rings (SSSR count). The summed E-state index contributed by atoms with van der Waals surface area (Å²) in [5.74, 6) is -0.0392. The molecule has 0 spiro atoms. The van der Waals surface area contributed by atoms with E-state index in [1.807, 2.05) is 56.3 Å². The van der Waals surface area contributed by atoms with Gasteiger partial charge in [-0.3, -0.25) is 4.79 Å². The Bertz CT molecular complexity index is 708. The summed E-state index contributed by atoms with van der Waals surface area (Å²) >= 11 is 3.44. The normalized spacial score (nSPS) is 13.8. The van der Waals surface area contributed by atoms with Gasteiger partial charge < -0.3 is 10.6 Å². The zero-order valence-corrected chi connectivity index (χ0v) is 14.3. The highest BCUT2D eigenvalue weighted by molar-refractivity contribution is 9.10. The molecule has 2 aromatic carbocycles. The van der Waals surface area contributed by atoms with Crippen molar-refractivity contribution in [2.75, 3.05) is 0 Å². The summed E-state index contributed by atoms with van der Waals surface area (Å²) in [7, 11) is 0. The van der Waals surface area contributed by atoms with Crippen LogP contribution in [-0.2, 0) is 18.6 Å². The SMILES string of the molecule is CC(C)(NC(=O)c1ccc2c(c1)CNC2)c1ccc(Br)cc1. The first kappa shape index (κ1) is 15.3. The minimum Gasteiger partial charge on any atom is -0.343 e. The quantitative estimate of drug-likeness (QED) is 0.877. The second-order valence-corrected chi connectivity index (χ2v) is 7.09. The molecule has 2 N–H and O–H groups in total. The summed E-state index contributed by atoms with van der Waals surface area (Å²) in [5, 5.41) is 6.42. The Morgan fingerprint density at radius 3 is 2.50 bits per heavy atom. The van der Waals surface area contributed by atoms with Crippen LogP contribution in [0.5, 0.6) is 0 Å². The van der Waals surface area contributed by atoms with Crippen LogP contribution < -0.4 is 10.6 Å². The van der Waals surface area contributed by atoms with Crippen LogP contribution in [0.3, 0.4) is 0 Å². The Labute approximate surface area is 139 Å². The van der Waals surface area contributed by atoms with E-state index < -0.39 is 5.54 Å². The number of halogens is 1. The molecule has 0 saturated heterocycles. The van der Waals surface area contributed by atoms with E-state index in [1.165, 1.54) is 11.1 Å². The summed E-state index contributed by atoms with van der Waals surface area (Å²) in [4.78, 5) is 12.6. The van der Waals surface area contributed by atoms with Crippen molar-refractivity contribution in [2.24, 2.45) is 0 Å². The van der Waals surface area contributed by atoms with Crippen molar-refractivity contribution in [3.05, 3.63) is 69.2 Å². The van der Waals surface area contributed by atoms with Crippen molar-refractivity contribution in [3.63, 3.8) is 0 Å². The van der Waals surface area contributed by atoms with Crippen LogP contribution in [-0.4, -0.2) is 5.91 Å². The standard InChI is InChI=1S/C18H19BrN2O/c1-18(2,15-5-7-16(19)8-6-15)21-17(22)12-3-4-13-10-20-11-14(13)9-12/h3-9,20H,10-11H2,1-2H3,(H,21,22). The highest BCUT2D eigenvalue weighted by atomic mass is 79.9. The largest absolute Gasteiger partial charge is 0.343 e. The fourth-order valence-electron chi connectivity index (χ4n) is 2.73. The van der Waals surface area contributed by atoms with Gasteiger partial charge >= 0.3 is 0 Å². The predicted octanol–water partition coefficient (Wildman–Crippen LogP) is 3.72. The van der Waals surface area contributed by atoms with E-state index >= 15 is 0 Å². The first-order valence-electron chi connectivity index (χ1n) is 7.37. The second-order valence-electron chi connectivity index (χ2n) is 6.17. The van der Waals surface area contributed by atoms with Gasteiger partial charge in [0.1, 0.15) is 0 Å². The Hall–Kier alpha value is -1.65. The van der Waals surface area contributed by atoms with Crippen LogP contribution in [0, 0.1) is 0 Å². The van der Waals surface area contributed by atoms with E-state index in [9.17, 15) is 4.79 Å². The monoisotopic (exact) mass is 358 g/mol. The third-order valence-electron chi connectivity index (χ3n) is 4.09. The van der Waals surface area contributed by atoms with Crippen LogP contribution in [0.25, 0.3) is 0 Å². The molecule has 1 aliphatic heterocycles. The average molecular weight is 359 g/mol. The second kappa shape index (κ2) is 5.86. The fraction of sp³-hybridized carbons (Fsp3) is 0.278. The summed E-state index contributed by atoms with van der Waals surface area (Å²) in [5.41, 5.74) is 3.87. The molecule has 0 aliphatic carbocycles. The van der Waals surface area contributed by atoms with Gasteiger partial charge in [0, 0.05) is 23.1 Å². The summed E-state index contributed by atoms with van der Waals surface area (Å²) in [6.45, 7) is 5.76. The number of rotatable bonds is 3. The van der Waals surface area contributed by atoms with Crippen LogP contribution in [0.15, 0.2) is 46.9 Å². The zero-order chi connectivity index (χ0) is 15.7. The maximum absolute atomic E-state index is 12.6. The maximum Gasteiger partial charge on any atom is 0.251 e. The average Bonchev–Trinajstić information content (AvgIpc) is 2.94. The third-order valence-corrected chi connectivity index (χ3v) is 4.62. The molecular weight excluding hydrogens is 340 g/mol. The van der Waals surface area contributed by atoms with Gasteiger partial charge in [-0.25, -0.2) is 0 Å². The number of benzene rings is 2. The Kier molecular flexibility index (Phi) is 4.06. The van der Waals surface area contributed by atoms with Gasteiger partial charge in [-0.2, -0.15) is 0 Å². The Morgan fingerprint density at radius 2 is 1.77 bits per heavy atom. The Balaban J connectivity index is 1.79. The molecule has 0 unspecified atom stereocenters. The summed E-state index contributed by atoms with van der Waals surface area (Å²) in [6.07, 6.45) is 0. The fourth-order valence-corrected chi connectivity index (χ4v) is 3.00. The van der Waals surface area contributed by atoms with Crippen molar-refractivity contribution in [1.82, 2.24) is 10.6 Å².